The number of halogens is 2. The summed E-state index contributed by atoms with van der Waals surface area (Å²) in [4.78, 5) is 0. The zero-order valence-electron chi connectivity index (χ0n) is 18.5. The minimum absolute atomic E-state index is 0. The molecule has 31 heavy (non-hydrogen) atoms. The first-order valence-corrected chi connectivity index (χ1v) is 16.4. The van der Waals surface area contributed by atoms with Gasteiger partial charge in [0.1, 0.15) is 0 Å². The molecule has 0 saturated carbocycles. The Hall–Kier alpha value is -0.770. The maximum Gasteiger partial charge on any atom is -1.00 e. The summed E-state index contributed by atoms with van der Waals surface area (Å²) in [6.07, 6.45) is 7.07. The van der Waals surface area contributed by atoms with Gasteiger partial charge in [-0.25, -0.2) is 0 Å². The van der Waals surface area contributed by atoms with E-state index < -0.39 is 31.1 Å². The van der Waals surface area contributed by atoms with Crippen molar-refractivity contribution in [2.75, 3.05) is 13.2 Å². The van der Waals surface area contributed by atoms with E-state index >= 15 is 0 Å². The van der Waals surface area contributed by atoms with Gasteiger partial charge in [0.05, 0.1) is 0 Å². The molecule has 0 aromatic heterocycles. The van der Waals surface area contributed by atoms with E-state index in [2.05, 4.69) is 97.0 Å². The van der Waals surface area contributed by atoms with E-state index in [1.807, 2.05) is 0 Å². The number of hydrogen-bond donors (Lipinski definition) is 0. The third kappa shape index (κ3) is 5.42. The van der Waals surface area contributed by atoms with Gasteiger partial charge >= 0.3 is 188 Å². The molecule has 2 unspecified atom stereocenters. The third-order valence-corrected chi connectivity index (χ3v) is 10.3. The van der Waals surface area contributed by atoms with Crippen molar-refractivity contribution in [1.82, 2.24) is 0 Å². The first-order valence-electron chi connectivity index (χ1n) is 10.4. The molecule has 0 heterocycles. The van der Waals surface area contributed by atoms with Gasteiger partial charge in [-0.15, -0.1) is 0 Å². The normalized spacial score (nSPS) is 20.9. The van der Waals surface area contributed by atoms with Gasteiger partial charge in [-0.05, 0) is 0 Å². The Balaban J connectivity index is 0.00000171. The summed E-state index contributed by atoms with van der Waals surface area (Å²) in [7, 11) is -1.52. The summed E-state index contributed by atoms with van der Waals surface area (Å²) >= 11 is -0.863. The molecule has 2 atom stereocenters. The molecule has 163 valence electrons. The monoisotopic (exact) mass is 549 g/mol. The van der Waals surface area contributed by atoms with Crippen LogP contribution in [0.3, 0.4) is 0 Å². The van der Waals surface area contributed by atoms with E-state index in [4.69, 9.17) is 9.16 Å². The van der Waals surface area contributed by atoms with E-state index in [1.54, 1.807) is 0 Å². The average Bonchev–Trinajstić information content (AvgIpc) is 3.24. The van der Waals surface area contributed by atoms with Crippen molar-refractivity contribution < 1.29 is 56.7 Å². The third-order valence-electron chi connectivity index (χ3n) is 5.55. The van der Waals surface area contributed by atoms with E-state index in [1.165, 1.54) is 22.3 Å². The Bertz CT molecular complexity index is 997. The zero-order chi connectivity index (χ0) is 20.5. The Morgan fingerprint density at radius 2 is 1.65 bits per heavy atom. The van der Waals surface area contributed by atoms with Crippen LogP contribution in [0.5, 0.6) is 0 Å². The summed E-state index contributed by atoms with van der Waals surface area (Å²) in [6.45, 7) is 10.2. The molecule has 0 aliphatic heterocycles. The van der Waals surface area contributed by atoms with Gasteiger partial charge in [-0.3, -0.25) is 0 Å². The SMILES string of the molecule is C[CH]=[Zr+2][C]1(C2C(OCCO[Si](C)(C)C)=Cc3ccccc32)C=Cc2ccccc21.[Cl-].[Cl-]. The maximum absolute atomic E-state index is 6.43. The Kier molecular flexibility index (Phi) is 9.31. The molecule has 2 aliphatic carbocycles. The summed E-state index contributed by atoms with van der Waals surface area (Å²) in [5, 5.41) is 0. The number of ether oxygens (including phenoxy) is 1. The van der Waals surface area contributed by atoms with Crippen molar-refractivity contribution in [1.29, 1.82) is 0 Å². The molecule has 2 aromatic carbocycles. The smallest absolute Gasteiger partial charge is 1.00 e. The van der Waals surface area contributed by atoms with Crippen LogP contribution in [-0.2, 0) is 35.0 Å². The molecule has 0 saturated heterocycles. The number of benzene rings is 2. The summed E-state index contributed by atoms with van der Waals surface area (Å²) in [5.74, 6) is 1.36. The van der Waals surface area contributed by atoms with Crippen LogP contribution in [-0.4, -0.2) is 25.2 Å². The molecule has 0 bridgehead atoms. The van der Waals surface area contributed by atoms with Crippen molar-refractivity contribution in [3.63, 3.8) is 0 Å². The average molecular weight is 552 g/mol. The minimum Gasteiger partial charge on any atom is -1.00 e. The zero-order valence-corrected chi connectivity index (χ0v) is 23.5. The standard InChI is InChI=1S/C23H25O2Si.C2H4.2ClH.Zr/c1-26(2,3)25-15-14-24-22-16-18-9-5-7-11-20(18)23(22)21-13-12-17-8-4-6-10-19(17)21;1-2;;;/h4-13,16,23H,14-15H2,1-3H3;1H,2H3;2*1H;/q;;;;+2/p-2. The number of hydrogen-bond acceptors (Lipinski definition) is 2. The van der Waals surface area contributed by atoms with Gasteiger partial charge in [0.25, 0.3) is 0 Å². The first kappa shape index (κ1) is 26.5. The van der Waals surface area contributed by atoms with Crippen LogP contribution in [0.1, 0.15) is 35.1 Å². The van der Waals surface area contributed by atoms with E-state index in [-0.39, 0.29) is 33.9 Å². The quantitative estimate of drug-likeness (QED) is 0.352. The van der Waals surface area contributed by atoms with Gasteiger partial charge < -0.3 is 24.8 Å². The second kappa shape index (κ2) is 10.9. The van der Waals surface area contributed by atoms with Crippen molar-refractivity contribution in [2.45, 2.75) is 35.6 Å². The predicted molar refractivity (Wildman–Crippen MR) is 121 cm³/mol. The second-order valence-electron chi connectivity index (χ2n) is 8.64. The van der Waals surface area contributed by atoms with Gasteiger partial charge in [0.2, 0.25) is 0 Å². The van der Waals surface area contributed by atoms with Crippen LogP contribution >= 0.6 is 0 Å². The molecular weight excluding hydrogens is 522 g/mol. The molecule has 6 heteroatoms. The maximum atomic E-state index is 6.43. The predicted octanol–water partition coefficient (Wildman–Crippen LogP) is -0.172. The number of allylic oxidation sites excluding steroid dienone is 2. The van der Waals surface area contributed by atoms with Gasteiger partial charge in [-0.2, -0.15) is 0 Å². The van der Waals surface area contributed by atoms with Crippen LogP contribution in [0.25, 0.3) is 12.2 Å². The molecule has 0 amide bonds. The largest absolute Gasteiger partial charge is 1.00 e. The molecule has 4 rings (SSSR count). The van der Waals surface area contributed by atoms with Gasteiger partial charge in [0, 0.05) is 0 Å². The van der Waals surface area contributed by atoms with Crippen LogP contribution in [0.2, 0.25) is 19.6 Å². The second-order valence-corrected chi connectivity index (χ2v) is 17.3. The van der Waals surface area contributed by atoms with E-state index in [0.29, 0.717) is 13.2 Å². The van der Waals surface area contributed by atoms with Crippen molar-refractivity contribution in [3.05, 3.63) is 82.6 Å². The Labute approximate surface area is 211 Å². The summed E-state index contributed by atoms with van der Waals surface area (Å²) in [5.41, 5.74) is 5.53. The molecule has 2 aromatic rings. The first-order chi connectivity index (χ1) is 13.9. The molecule has 2 aliphatic rings. The fourth-order valence-electron chi connectivity index (χ4n) is 4.43. The molecule has 0 radical (unpaired) electrons. The van der Waals surface area contributed by atoms with E-state index in [0.717, 1.165) is 5.76 Å². The summed E-state index contributed by atoms with van der Waals surface area (Å²) < 4.78 is 15.0. The molecule has 0 spiro atoms. The minimum atomic E-state index is -1.52. The van der Waals surface area contributed by atoms with Crippen molar-refractivity contribution in [3.8, 4) is 0 Å². The Morgan fingerprint density at radius 3 is 2.35 bits per heavy atom. The van der Waals surface area contributed by atoms with Crippen LogP contribution in [0, 0.1) is 0 Å². The van der Waals surface area contributed by atoms with Crippen molar-refractivity contribution in [2.24, 2.45) is 0 Å². The molecule has 0 fully saturated rings. The van der Waals surface area contributed by atoms with Crippen LogP contribution < -0.4 is 24.8 Å². The van der Waals surface area contributed by atoms with Crippen LogP contribution in [0.4, 0.5) is 0 Å². The van der Waals surface area contributed by atoms with Gasteiger partial charge in [-0.1, -0.05) is 0 Å². The van der Waals surface area contributed by atoms with Crippen LogP contribution in [0.15, 0.2) is 60.4 Å². The van der Waals surface area contributed by atoms with Crippen molar-refractivity contribution >= 4 is 24.2 Å². The number of fused-ring (bicyclic) bond motifs is 2. The molecular formula is C25H29Cl2O2SiZr. The Morgan fingerprint density at radius 1 is 0.968 bits per heavy atom. The fourth-order valence-corrected chi connectivity index (χ4v) is 8.82. The molecule has 0 N–H and O–H groups in total. The fraction of sp³-hybridized carbons (Fsp3) is 0.320. The molecule has 2 nitrogen and oxygen atoms in total. The topological polar surface area (TPSA) is 18.5 Å². The number of rotatable bonds is 7. The summed E-state index contributed by atoms with van der Waals surface area (Å²) in [6, 6.07) is 17.7. The van der Waals surface area contributed by atoms with E-state index in [9.17, 15) is 0 Å². The van der Waals surface area contributed by atoms with Gasteiger partial charge in [0.15, 0.2) is 0 Å².